The van der Waals surface area contributed by atoms with Gasteiger partial charge in [-0.1, -0.05) is 158 Å². The number of nitrogens with zero attached hydrogens (tertiary/aromatic N) is 5. The Hall–Kier alpha value is -12.0. The molecule has 0 unspecified atom stereocenters. The molecule has 0 saturated heterocycles. The summed E-state index contributed by atoms with van der Waals surface area (Å²) in [5.41, 5.74) is 20.4. The van der Waals surface area contributed by atoms with Crippen molar-refractivity contribution in [2.75, 3.05) is 0 Å². The zero-order valence-corrected chi connectivity index (χ0v) is 46.9. The van der Waals surface area contributed by atoms with Gasteiger partial charge in [-0.2, -0.15) is 0 Å². The maximum absolute atomic E-state index is 6.80. The average Bonchev–Trinajstić information content (AvgIpc) is 1.63. The molecular formula is C80H45N5O3. The van der Waals surface area contributed by atoms with Gasteiger partial charge in [0, 0.05) is 98.2 Å². The third-order valence-electron chi connectivity index (χ3n) is 18.5. The van der Waals surface area contributed by atoms with Crippen molar-refractivity contribution in [2.45, 2.75) is 0 Å². The van der Waals surface area contributed by atoms with E-state index in [1.807, 2.05) is 24.3 Å². The van der Waals surface area contributed by atoms with Crippen LogP contribution in [0.2, 0.25) is 0 Å². The topological polar surface area (TPSA) is 80.0 Å². The summed E-state index contributed by atoms with van der Waals surface area (Å²) in [5, 5.41) is 14.5. The van der Waals surface area contributed by atoms with E-state index in [-0.39, 0.29) is 0 Å². The Morgan fingerprint density at radius 2 is 0.636 bits per heavy atom. The van der Waals surface area contributed by atoms with Gasteiger partial charge < -0.3 is 27.0 Å². The van der Waals surface area contributed by atoms with Crippen LogP contribution in [-0.4, -0.2) is 23.7 Å². The second-order valence-electron chi connectivity index (χ2n) is 23.1. The van der Waals surface area contributed by atoms with E-state index in [2.05, 4.69) is 262 Å². The van der Waals surface area contributed by atoms with E-state index < -0.39 is 0 Å². The summed E-state index contributed by atoms with van der Waals surface area (Å²) in [6.07, 6.45) is 0. The van der Waals surface area contributed by atoms with E-state index in [0.29, 0.717) is 5.82 Å². The molecule has 13 aromatic carbocycles. The van der Waals surface area contributed by atoms with Crippen LogP contribution in [0.25, 0.3) is 193 Å². The number of aromatic nitrogens is 5. The lowest BCUT2D eigenvalue weighted by Crippen LogP contribution is -1.99. The molecule has 20 aromatic rings. The molecule has 8 heteroatoms. The van der Waals surface area contributed by atoms with Gasteiger partial charge >= 0.3 is 0 Å². The number of fused-ring (bicyclic) bond motifs is 22. The van der Waals surface area contributed by atoms with Gasteiger partial charge in [-0.3, -0.25) is 0 Å². The van der Waals surface area contributed by atoms with Crippen LogP contribution in [0, 0.1) is 0 Å². The number of rotatable bonds is 6. The highest BCUT2D eigenvalue weighted by molar-refractivity contribution is 6.24. The predicted molar refractivity (Wildman–Crippen MR) is 361 cm³/mol. The highest BCUT2D eigenvalue weighted by atomic mass is 16.3. The summed E-state index contributed by atoms with van der Waals surface area (Å²) in [4.78, 5) is 11.0. The molecule has 0 N–H and O–H groups in total. The molecule has 0 radical (unpaired) electrons. The van der Waals surface area contributed by atoms with Crippen LogP contribution in [-0.2, 0) is 0 Å². The summed E-state index contributed by atoms with van der Waals surface area (Å²) >= 11 is 0. The molecule has 408 valence electrons. The summed E-state index contributed by atoms with van der Waals surface area (Å²) in [5.74, 6) is 0.629. The second kappa shape index (κ2) is 17.8. The van der Waals surface area contributed by atoms with Crippen molar-refractivity contribution >= 4 is 142 Å². The minimum absolute atomic E-state index is 0.629. The van der Waals surface area contributed by atoms with Gasteiger partial charge in [0.1, 0.15) is 16.7 Å². The first-order valence-corrected chi connectivity index (χ1v) is 29.8. The van der Waals surface area contributed by atoms with Crippen LogP contribution in [0.3, 0.4) is 0 Å². The SMILES string of the molecule is c1cc(-c2nc(-c3ccc(-n4c5ccccc5c5ccc6c7ccccc7oc6c54)cc3)nc3ccc(-c4ccc(-n5c6ccccc6c6ccc7c8ccccc8oc7c65)cc4)cc23)cc(-n2c3ccccc3c3ccc4c5ccccc5oc4c32)c1. The minimum Gasteiger partial charge on any atom is -0.454 e. The Bertz CT molecular complexity index is 6370. The van der Waals surface area contributed by atoms with Crippen LogP contribution in [0.15, 0.2) is 286 Å². The zero-order valence-electron chi connectivity index (χ0n) is 46.9. The molecule has 0 bridgehead atoms. The van der Waals surface area contributed by atoms with E-state index in [0.717, 1.165) is 176 Å². The molecule has 7 aromatic heterocycles. The summed E-state index contributed by atoms with van der Waals surface area (Å²) in [6.45, 7) is 0. The second-order valence-corrected chi connectivity index (χ2v) is 23.1. The fourth-order valence-electron chi connectivity index (χ4n) is 14.5. The van der Waals surface area contributed by atoms with Crippen LogP contribution in [0.1, 0.15) is 0 Å². The number of hydrogen-bond acceptors (Lipinski definition) is 5. The molecule has 0 aliphatic heterocycles. The fraction of sp³-hybridized carbons (Fsp3) is 0. The number of para-hydroxylation sites is 6. The molecule has 7 heterocycles. The highest BCUT2D eigenvalue weighted by Gasteiger charge is 2.24. The van der Waals surface area contributed by atoms with Gasteiger partial charge in [-0.05, 0) is 126 Å². The van der Waals surface area contributed by atoms with Gasteiger partial charge in [-0.25, -0.2) is 9.97 Å². The Labute approximate surface area is 500 Å². The van der Waals surface area contributed by atoms with Crippen molar-refractivity contribution in [1.82, 2.24) is 23.7 Å². The molecule has 0 atom stereocenters. The zero-order chi connectivity index (χ0) is 57.3. The first-order valence-electron chi connectivity index (χ1n) is 29.8. The summed E-state index contributed by atoms with van der Waals surface area (Å²) < 4.78 is 27.2. The van der Waals surface area contributed by atoms with Crippen LogP contribution < -0.4 is 0 Å². The Kier molecular flexibility index (Phi) is 9.57. The lowest BCUT2D eigenvalue weighted by Gasteiger charge is -2.14. The normalized spacial score (nSPS) is 12.3. The predicted octanol–water partition coefficient (Wildman–Crippen LogP) is 21.6. The maximum Gasteiger partial charge on any atom is 0.160 e. The molecule has 0 aliphatic rings. The van der Waals surface area contributed by atoms with E-state index in [1.165, 1.54) is 10.8 Å². The fourth-order valence-corrected chi connectivity index (χ4v) is 14.5. The lowest BCUT2D eigenvalue weighted by atomic mass is 9.99. The van der Waals surface area contributed by atoms with E-state index in [9.17, 15) is 0 Å². The van der Waals surface area contributed by atoms with E-state index >= 15 is 0 Å². The van der Waals surface area contributed by atoms with Gasteiger partial charge in [0.05, 0.1) is 44.3 Å². The van der Waals surface area contributed by atoms with Crippen molar-refractivity contribution < 1.29 is 13.3 Å². The first-order chi connectivity index (χ1) is 43.6. The summed E-state index contributed by atoms with van der Waals surface area (Å²) in [6, 6.07) is 97.1. The number of furan rings is 3. The van der Waals surface area contributed by atoms with Crippen LogP contribution >= 0.6 is 0 Å². The molecular weight excluding hydrogens is 1080 g/mol. The molecule has 0 spiro atoms. The van der Waals surface area contributed by atoms with E-state index in [1.54, 1.807) is 0 Å². The third kappa shape index (κ3) is 6.62. The minimum atomic E-state index is 0.629. The quantitative estimate of drug-likeness (QED) is 0.166. The van der Waals surface area contributed by atoms with Crippen LogP contribution in [0.4, 0.5) is 0 Å². The highest BCUT2D eigenvalue weighted by Crippen LogP contribution is 2.45. The average molecular weight is 1120 g/mol. The van der Waals surface area contributed by atoms with Crippen LogP contribution in [0.5, 0.6) is 0 Å². The van der Waals surface area contributed by atoms with Gasteiger partial charge in [0.25, 0.3) is 0 Å². The van der Waals surface area contributed by atoms with Gasteiger partial charge in [0.15, 0.2) is 22.6 Å². The monoisotopic (exact) mass is 1120 g/mol. The van der Waals surface area contributed by atoms with Gasteiger partial charge in [-0.15, -0.1) is 0 Å². The Morgan fingerprint density at radius 3 is 1.11 bits per heavy atom. The first kappa shape index (κ1) is 47.4. The lowest BCUT2D eigenvalue weighted by molar-refractivity contribution is 0.670. The number of benzene rings is 13. The summed E-state index contributed by atoms with van der Waals surface area (Å²) in [7, 11) is 0. The smallest absolute Gasteiger partial charge is 0.160 e. The molecule has 88 heavy (non-hydrogen) atoms. The standard InChI is InChI=1S/C80H45N5O3/c1-7-22-67-53(16-1)59-37-40-62-56-19-4-10-25-70(56)86-77(62)74(59)83(67)50-33-28-46(29-34-50)48-32-43-66-65(45-48)73(49-14-13-15-52(44-49)85-69-24-9-3-18-55(69)61-39-42-64-58-21-6-12-27-72(58)88-79(64)76(61)85)82-80(81-66)47-30-35-51(36-31-47)84-68-23-8-2-17-54(68)60-38-41-63-57-20-5-11-26-71(57)87-78(63)75(60)84/h1-45H. The van der Waals surface area contributed by atoms with Crippen molar-refractivity contribution in [1.29, 1.82) is 0 Å². The molecule has 0 fully saturated rings. The molecule has 8 nitrogen and oxygen atoms in total. The van der Waals surface area contributed by atoms with Gasteiger partial charge in [0.2, 0.25) is 0 Å². The van der Waals surface area contributed by atoms with Crippen molar-refractivity contribution in [3.63, 3.8) is 0 Å². The van der Waals surface area contributed by atoms with Crippen molar-refractivity contribution in [2.24, 2.45) is 0 Å². The number of hydrogen-bond donors (Lipinski definition) is 0. The Balaban J connectivity index is 0.763. The van der Waals surface area contributed by atoms with E-state index in [4.69, 9.17) is 23.2 Å². The third-order valence-corrected chi connectivity index (χ3v) is 18.5. The molecule has 0 saturated carbocycles. The largest absolute Gasteiger partial charge is 0.454 e. The van der Waals surface area contributed by atoms with Crippen molar-refractivity contribution in [3.05, 3.63) is 273 Å². The Morgan fingerprint density at radius 1 is 0.239 bits per heavy atom. The molecule has 0 amide bonds. The van der Waals surface area contributed by atoms with Crippen molar-refractivity contribution in [3.8, 4) is 50.8 Å². The maximum atomic E-state index is 6.80. The molecule has 20 rings (SSSR count). The molecule has 0 aliphatic carbocycles.